The Labute approximate surface area is 158 Å². The van der Waals surface area contributed by atoms with Gasteiger partial charge in [0.25, 0.3) is 0 Å². The number of pyridine rings is 1. The molecule has 1 aromatic heterocycles. The summed E-state index contributed by atoms with van der Waals surface area (Å²) < 4.78 is 27.0. The Balaban J connectivity index is 1.64. The van der Waals surface area contributed by atoms with Crippen LogP contribution in [0, 0.1) is 5.92 Å². The average molecular weight is 394 g/mol. The third-order valence-corrected chi connectivity index (χ3v) is 6.53. The Morgan fingerprint density at radius 3 is 2.73 bits per heavy atom. The van der Waals surface area contributed by atoms with Crippen LogP contribution in [0.1, 0.15) is 18.4 Å². The molecule has 0 spiro atoms. The normalized spacial score (nSPS) is 18.4. The summed E-state index contributed by atoms with van der Waals surface area (Å²) in [6.45, 7) is 0.980. The highest BCUT2D eigenvalue weighted by Gasteiger charge is 2.33. The van der Waals surface area contributed by atoms with Gasteiger partial charge in [0.15, 0.2) is 0 Å². The number of hydrogen-bond acceptors (Lipinski definition) is 4. The number of halogens is 1. The first kappa shape index (κ1) is 18.8. The number of amides is 1. The second kappa shape index (κ2) is 8.16. The minimum atomic E-state index is -3.63. The highest BCUT2D eigenvalue weighted by molar-refractivity contribution is 7.89. The van der Waals surface area contributed by atoms with E-state index < -0.39 is 10.0 Å². The molecule has 1 saturated heterocycles. The lowest BCUT2D eigenvalue weighted by Crippen LogP contribution is -2.45. The van der Waals surface area contributed by atoms with Gasteiger partial charge in [0.2, 0.25) is 15.9 Å². The summed E-state index contributed by atoms with van der Waals surface area (Å²) in [5.74, 6) is -0.493. The molecule has 2 heterocycles. The highest BCUT2D eigenvalue weighted by Crippen LogP contribution is 2.24. The zero-order valence-corrected chi connectivity index (χ0v) is 15.7. The predicted octanol–water partition coefficient (Wildman–Crippen LogP) is 2.45. The van der Waals surface area contributed by atoms with E-state index in [-0.39, 0.29) is 23.3 Å². The molecule has 1 aromatic carbocycles. The molecule has 1 aliphatic rings. The van der Waals surface area contributed by atoms with Gasteiger partial charge in [0.1, 0.15) is 0 Å². The maximum Gasteiger partial charge on any atom is 0.243 e. The summed E-state index contributed by atoms with van der Waals surface area (Å²) in [5, 5.41) is 3.35. The van der Waals surface area contributed by atoms with Gasteiger partial charge in [-0.15, -0.1) is 0 Å². The summed E-state index contributed by atoms with van der Waals surface area (Å²) in [6, 6.07) is 9.77. The average Bonchev–Trinajstić information content (AvgIpc) is 2.67. The number of sulfonamides is 1. The number of nitrogens with one attached hydrogen (secondary N) is 1. The van der Waals surface area contributed by atoms with E-state index in [2.05, 4.69) is 10.3 Å². The molecule has 1 fully saturated rings. The summed E-state index contributed by atoms with van der Waals surface area (Å²) in [5.41, 5.74) is 0.905. The fourth-order valence-electron chi connectivity index (χ4n) is 2.97. The van der Waals surface area contributed by atoms with Crippen molar-refractivity contribution in [2.75, 3.05) is 13.1 Å². The fourth-order valence-corrected chi connectivity index (χ4v) is 4.62. The van der Waals surface area contributed by atoms with E-state index in [1.54, 1.807) is 24.5 Å². The lowest BCUT2D eigenvalue weighted by Gasteiger charge is -2.31. The largest absolute Gasteiger partial charge is 0.352 e. The van der Waals surface area contributed by atoms with Gasteiger partial charge >= 0.3 is 0 Å². The van der Waals surface area contributed by atoms with Crippen LogP contribution in [-0.2, 0) is 21.4 Å². The van der Waals surface area contributed by atoms with E-state index in [0.29, 0.717) is 31.0 Å². The van der Waals surface area contributed by atoms with Crippen molar-refractivity contribution < 1.29 is 13.2 Å². The molecule has 6 nitrogen and oxygen atoms in total. The molecule has 26 heavy (non-hydrogen) atoms. The van der Waals surface area contributed by atoms with Gasteiger partial charge in [-0.1, -0.05) is 17.7 Å². The zero-order chi connectivity index (χ0) is 18.6. The first-order valence-electron chi connectivity index (χ1n) is 8.39. The number of benzene rings is 1. The topological polar surface area (TPSA) is 79.4 Å². The van der Waals surface area contributed by atoms with E-state index in [1.165, 1.54) is 16.4 Å². The molecule has 1 amide bonds. The van der Waals surface area contributed by atoms with Crippen molar-refractivity contribution in [3.63, 3.8) is 0 Å². The van der Waals surface area contributed by atoms with E-state index >= 15 is 0 Å². The van der Waals surface area contributed by atoms with Gasteiger partial charge in [-0.25, -0.2) is 8.42 Å². The molecule has 0 bridgehead atoms. The van der Waals surface area contributed by atoms with Crippen molar-refractivity contribution >= 4 is 27.5 Å². The second-order valence-corrected chi connectivity index (χ2v) is 8.61. The minimum absolute atomic E-state index is 0.134. The number of hydrogen-bond donors (Lipinski definition) is 1. The Hall–Kier alpha value is -1.96. The zero-order valence-electron chi connectivity index (χ0n) is 14.1. The Morgan fingerprint density at radius 1 is 1.27 bits per heavy atom. The van der Waals surface area contributed by atoms with Crippen molar-refractivity contribution in [2.24, 2.45) is 5.92 Å². The number of carbonyl (C=O) groups is 1. The van der Waals surface area contributed by atoms with Gasteiger partial charge in [-0.05, 0) is 48.7 Å². The maximum absolute atomic E-state index is 12.8. The van der Waals surface area contributed by atoms with Crippen LogP contribution >= 0.6 is 11.6 Å². The van der Waals surface area contributed by atoms with Crippen LogP contribution in [0.25, 0.3) is 0 Å². The van der Waals surface area contributed by atoms with Crippen LogP contribution in [-0.4, -0.2) is 36.7 Å². The van der Waals surface area contributed by atoms with Crippen molar-refractivity contribution in [3.05, 3.63) is 59.4 Å². The van der Waals surface area contributed by atoms with Crippen molar-refractivity contribution in [2.45, 2.75) is 24.3 Å². The van der Waals surface area contributed by atoms with Gasteiger partial charge in [-0.3, -0.25) is 9.78 Å². The lowest BCUT2D eigenvalue weighted by molar-refractivity contribution is -0.126. The van der Waals surface area contributed by atoms with Crippen LogP contribution in [0.4, 0.5) is 0 Å². The molecule has 0 saturated carbocycles. The molecule has 1 atom stereocenters. The van der Waals surface area contributed by atoms with Gasteiger partial charge < -0.3 is 5.32 Å². The summed E-state index contributed by atoms with van der Waals surface area (Å²) in [7, 11) is -3.63. The van der Waals surface area contributed by atoms with E-state index in [1.807, 2.05) is 12.1 Å². The first-order chi connectivity index (χ1) is 12.5. The highest BCUT2D eigenvalue weighted by atomic mass is 35.5. The van der Waals surface area contributed by atoms with Crippen LogP contribution in [0.15, 0.2) is 53.7 Å². The number of piperidine rings is 1. The summed E-state index contributed by atoms with van der Waals surface area (Å²) in [6.07, 6.45) is 4.69. The van der Waals surface area contributed by atoms with Crippen molar-refractivity contribution in [3.8, 4) is 0 Å². The molecule has 3 rings (SSSR count). The van der Waals surface area contributed by atoms with Crippen LogP contribution in [0.3, 0.4) is 0 Å². The smallest absolute Gasteiger partial charge is 0.243 e. The molecular weight excluding hydrogens is 374 g/mol. The Bertz CT molecular complexity index is 857. The molecule has 1 N–H and O–H groups in total. The monoisotopic (exact) mass is 393 g/mol. The quantitative estimate of drug-likeness (QED) is 0.846. The standard InChI is InChI=1S/C18H20ClN3O3S/c19-16-5-7-17(8-6-16)26(24,25)22-10-2-4-15(13-22)18(23)21-12-14-3-1-9-20-11-14/h1,3,5-9,11,15H,2,4,10,12-13H2,(H,21,23)/t15-/m0/s1. The summed E-state index contributed by atoms with van der Waals surface area (Å²) in [4.78, 5) is 16.7. The van der Waals surface area contributed by atoms with Crippen LogP contribution < -0.4 is 5.32 Å². The number of rotatable bonds is 5. The second-order valence-electron chi connectivity index (χ2n) is 6.24. The minimum Gasteiger partial charge on any atom is -0.352 e. The molecule has 0 radical (unpaired) electrons. The molecule has 8 heteroatoms. The molecule has 0 unspecified atom stereocenters. The van der Waals surface area contributed by atoms with Gasteiger partial charge in [-0.2, -0.15) is 4.31 Å². The van der Waals surface area contributed by atoms with E-state index in [4.69, 9.17) is 11.6 Å². The third kappa shape index (κ3) is 4.41. The SMILES string of the molecule is O=C(NCc1cccnc1)[C@H]1CCCN(S(=O)(=O)c2ccc(Cl)cc2)C1. The summed E-state index contributed by atoms with van der Waals surface area (Å²) >= 11 is 5.83. The van der Waals surface area contributed by atoms with Crippen LogP contribution in [0.5, 0.6) is 0 Å². The lowest BCUT2D eigenvalue weighted by atomic mass is 9.99. The van der Waals surface area contributed by atoms with Gasteiger partial charge in [0.05, 0.1) is 10.8 Å². The Kier molecular flexibility index (Phi) is 5.90. The number of aromatic nitrogens is 1. The fraction of sp³-hybridized carbons (Fsp3) is 0.333. The van der Waals surface area contributed by atoms with Crippen LogP contribution in [0.2, 0.25) is 5.02 Å². The molecule has 0 aliphatic carbocycles. The number of carbonyl (C=O) groups excluding carboxylic acids is 1. The third-order valence-electron chi connectivity index (χ3n) is 4.40. The first-order valence-corrected chi connectivity index (χ1v) is 10.2. The number of nitrogens with zero attached hydrogens (tertiary/aromatic N) is 2. The Morgan fingerprint density at radius 2 is 2.04 bits per heavy atom. The van der Waals surface area contributed by atoms with Gasteiger partial charge in [0, 0.05) is 37.1 Å². The van der Waals surface area contributed by atoms with E-state index in [9.17, 15) is 13.2 Å². The molecule has 138 valence electrons. The van der Waals surface area contributed by atoms with Crippen molar-refractivity contribution in [1.82, 2.24) is 14.6 Å². The molecule has 2 aromatic rings. The van der Waals surface area contributed by atoms with E-state index in [0.717, 1.165) is 5.56 Å². The van der Waals surface area contributed by atoms with Crippen molar-refractivity contribution in [1.29, 1.82) is 0 Å². The molecular formula is C18H20ClN3O3S. The molecule has 1 aliphatic heterocycles. The maximum atomic E-state index is 12.8. The predicted molar refractivity (Wildman–Crippen MR) is 99.0 cm³/mol.